The van der Waals surface area contributed by atoms with Gasteiger partial charge in [0.2, 0.25) is 17.2 Å². The highest BCUT2D eigenvalue weighted by Gasteiger charge is 2.34. The number of hydrogen-bond donors (Lipinski definition) is 1. The van der Waals surface area contributed by atoms with Gasteiger partial charge in [-0.1, -0.05) is 23.7 Å². The summed E-state index contributed by atoms with van der Waals surface area (Å²) in [6, 6.07) is 13.9. The molecule has 0 spiro atoms. The Morgan fingerprint density at radius 1 is 1.04 bits per heavy atom. The van der Waals surface area contributed by atoms with Gasteiger partial charge in [-0.2, -0.15) is 4.99 Å². The fourth-order valence-electron chi connectivity index (χ4n) is 2.56. The lowest BCUT2D eigenvalue weighted by Gasteiger charge is -2.35. The quantitative estimate of drug-likeness (QED) is 0.698. The summed E-state index contributed by atoms with van der Waals surface area (Å²) in [5, 5.41) is 20.3. The van der Waals surface area contributed by atoms with Gasteiger partial charge in [0.1, 0.15) is 18.4 Å². The third kappa shape index (κ3) is 3.00. The van der Waals surface area contributed by atoms with E-state index < -0.39 is 6.23 Å². The van der Waals surface area contributed by atoms with Gasteiger partial charge in [-0.05, 0) is 48.6 Å². The maximum atomic E-state index is 10.3. The highest BCUT2D eigenvalue weighted by Crippen LogP contribution is 2.32. The lowest BCUT2D eigenvalue weighted by Crippen LogP contribution is -2.46. The summed E-state index contributed by atoms with van der Waals surface area (Å²) < 4.78 is 7.65. The molecule has 1 aliphatic rings. The summed E-state index contributed by atoms with van der Waals surface area (Å²) in [4.78, 5) is 4.38. The molecule has 0 fully saturated rings. The van der Waals surface area contributed by atoms with Gasteiger partial charge in [0.15, 0.2) is 0 Å². The second-order valence-electron chi connectivity index (χ2n) is 5.42. The molecule has 1 aromatic heterocycles. The minimum atomic E-state index is -0.747. The highest BCUT2D eigenvalue weighted by molar-refractivity contribution is 7.80. The van der Waals surface area contributed by atoms with Crippen LogP contribution in [0.3, 0.4) is 0 Å². The van der Waals surface area contributed by atoms with E-state index in [-0.39, 0.29) is 10.9 Å². The van der Waals surface area contributed by atoms with Crippen LogP contribution in [0.4, 0.5) is 0 Å². The van der Waals surface area contributed by atoms with Gasteiger partial charge in [0, 0.05) is 10.6 Å². The Hall–Kier alpha value is -2.97. The van der Waals surface area contributed by atoms with E-state index in [2.05, 4.69) is 15.2 Å². The molecule has 1 atom stereocenters. The van der Waals surface area contributed by atoms with Crippen molar-refractivity contribution >= 4 is 34.8 Å². The van der Waals surface area contributed by atoms with Gasteiger partial charge >= 0.3 is 0 Å². The standard InChI is InChI=1S/C17H12ClN5O2S/c18-12-7-5-11(6-8-12)15-21-17(26)23(22-9-19-20-10-22)16(25-15)13-3-1-2-4-14(13)24/h1-10,16,24H. The molecule has 2 heterocycles. The molecule has 0 aliphatic carbocycles. The van der Waals surface area contributed by atoms with Crippen molar-refractivity contribution in [2.45, 2.75) is 6.23 Å². The number of phenolic OH excluding ortho intramolecular Hbond substituents is 1. The summed E-state index contributed by atoms with van der Waals surface area (Å²) in [6.07, 6.45) is 2.21. The van der Waals surface area contributed by atoms with Crippen molar-refractivity contribution in [1.29, 1.82) is 0 Å². The van der Waals surface area contributed by atoms with Crippen LogP contribution in [0.25, 0.3) is 0 Å². The molecule has 1 unspecified atom stereocenters. The summed E-state index contributed by atoms with van der Waals surface area (Å²) in [5.41, 5.74) is 1.26. The van der Waals surface area contributed by atoms with Crippen molar-refractivity contribution in [1.82, 2.24) is 14.9 Å². The van der Waals surface area contributed by atoms with Crippen molar-refractivity contribution < 1.29 is 9.84 Å². The van der Waals surface area contributed by atoms with E-state index in [1.165, 1.54) is 12.7 Å². The third-order valence-electron chi connectivity index (χ3n) is 3.79. The topological polar surface area (TPSA) is 75.8 Å². The number of hydrogen-bond acceptors (Lipinski definition) is 5. The maximum absolute atomic E-state index is 10.3. The predicted molar refractivity (Wildman–Crippen MR) is 101 cm³/mol. The largest absolute Gasteiger partial charge is 0.507 e. The second-order valence-corrected chi connectivity index (χ2v) is 6.22. The zero-order valence-electron chi connectivity index (χ0n) is 13.2. The first kappa shape index (κ1) is 16.5. The third-order valence-corrected chi connectivity index (χ3v) is 4.32. The van der Waals surface area contributed by atoms with Crippen molar-refractivity contribution in [2.75, 3.05) is 5.01 Å². The summed E-state index contributed by atoms with van der Waals surface area (Å²) in [5.74, 6) is 0.417. The first-order valence-electron chi connectivity index (χ1n) is 7.61. The Morgan fingerprint density at radius 3 is 2.42 bits per heavy atom. The minimum Gasteiger partial charge on any atom is -0.507 e. The molecular formula is C17H12ClN5O2S. The van der Waals surface area contributed by atoms with Crippen LogP contribution in [0.1, 0.15) is 17.4 Å². The monoisotopic (exact) mass is 385 g/mol. The molecule has 7 nitrogen and oxygen atoms in total. The van der Waals surface area contributed by atoms with Gasteiger partial charge in [0.25, 0.3) is 0 Å². The van der Waals surface area contributed by atoms with Gasteiger partial charge in [0.05, 0.1) is 5.56 Å². The first-order chi connectivity index (χ1) is 12.6. The van der Waals surface area contributed by atoms with Gasteiger partial charge in [-0.25, -0.2) is 9.69 Å². The average Bonchev–Trinajstić information content (AvgIpc) is 3.16. The van der Waals surface area contributed by atoms with Gasteiger partial charge in [-0.15, -0.1) is 10.2 Å². The molecule has 0 radical (unpaired) electrons. The number of phenols is 1. The summed E-state index contributed by atoms with van der Waals surface area (Å²) >= 11 is 11.4. The smallest absolute Gasteiger partial charge is 0.225 e. The van der Waals surface area contributed by atoms with Gasteiger partial charge in [-0.3, -0.25) is 0 Å². The van der Waals surface area contributed by atoms with Crippen molar-refractivity contribution in [3.05, 3.63) is 77.3 Å². The number of para-hydroxylation sites is 1. The molecule has 2 aromatic carbocycles. The molecule has 0 bridgehead atoms. The average molecular weight is 386 g/mol. The van der Waals surface area contributed by atoms with Crippen LogP contribution in [-0.2, 0) is 4.74 Å². The molecule has 3 aromatic rings. The Bertz CT molecular complexity index is 975. The summed E-state index contributed by atoms with van der Waals surface area (Å²) in [6.45, 7) is 0. The first-order valence-corrected chi connectivity index (χ1v) is 8.39. The normalized spacial score (nSPS) is 17.0. The summed E-state index contributed by atoms with van der Waals surface area (Å²) in [7, 11) is 0. The molecule has 130 valence electrons. The van der Waals surface area contributed by atoms with E-state index in [9.17, 15) is 5.11 Å². The highest BCUT2D eigenvalue weighted by atomic mass is 35.5. The van der Waals surface area contributed by atoms with Gasteiger partial charge < -0.3 is 9.84 Å². The van der Waals surface area contributed by atoms with Crippen LogP contribution < -0.4 is 5.01 Å². The Kier molecular flexibility index (Phi) is 4.27. The number of aromatic nitrogens is 3. The zero-order valence-corrected chi connectivity index (χ0v) is 14.8. The maximum Gasteiger partial charge on any atom is 0.225 e. The SMILES string of the molecule is Oc1ccccc1C1OC(c2ccc(Cl)cc2)=NC(=S)N1n1cnnc1. The number of rotatable bonds is 3. The number of aliphatic imine (C=N–C) groups is 1. The number of aromatic hydroxyl groups is 1. The Morgan fingerprint density at radius 2 is 1.73 bits per heavy atom. The fourth-order valence-corrected chi connectivity index (χ4v) is 2.96. The molecule has 0 saturated heterocycles. The minimum absolute atomic E-state index is 0.0794. The van der Waals surface area contributed by atoms with E-state index in [1.807, 2.05) is 0 Å². The number of thiocarbonyl (C=S) groups is 1. The second kappa shape index (κ2) is 6.74. The van der Waals surface area contributed by atoms with E-state index >= 15 is 0 Å². The Balaban J connectivity index is 1.81. The molecule has 0 saturated carbocycles. The van der Waals surface area contributed by atoms with Crippen molar-refractivity contribution in [2.24, 2.45) is 4.99 Å². The lowest BCUT2D eigenvalue weighted by molar-refractivity contribution is 0.168. The number of nitrogens with zero attached hydrogens (tertiary/aromatic N) is 5. The fraction of sp³-hybridized carbons (Fsp3) is 0.0588. The molecule has 26 heavy (non-hydrogen) atoms. The van der Waals surface area contributed by atoms with Crippen LogP contribution in [0, 0.1) is 0 Å². The molecule has 1 N–H and O–H groups in total. The molecule has 0 amide bonds. The van der Waals surface area contributed by atoms with E-state index in [1.54, 1.807) is 58.2 Å². The Labute approximate surface area is 159 Å². The van der Waals surface area contributed by atoms with Crippen LogP contribution in [0.15, 0.2) is 66.2 Å². The van der Waals surface area contributed by atoms with Crippen LogP contribution >= 0.6 is 23.8 Å². The molecule has 4 rings (SSSR count). The van der Waals surface area contributed by atoms with Crippen molar-refractivity contribution in [3.63, 3.8) is 0 Å². The van der Waals surface area contributed by atoms with Crippen molar-refractivity contribution in [3.8, 4) is 5.75 Å². The number of benzene rings is 2. The van der Waals surface area contributed by atoms with Crippen LogP contribution in [0.5, 0.6) is 5.75 Å². The molecule has 9 heteroatoms. The number of halogens is 1. The van der Waals surface area contributed by atoms with Crippen LogP contribution in [-0.4, -0.2) is 31.0 Å². The molecular weight excluding hydrogens is 374 g/mol. The molecule has 1 aliphatic heterocycles. The number of ether oxygens (including phenoxy) is 1. The zero-order chi connectivity index (χ0) is 18.1. The predicted octanol–water partition coefficient (Wildman–Crippen LogP) is 3.04. The van der Waals surface area contributed by atoms with Crippen LogP contribution in [0.2, 0.25) is 5.02 Å². The van der Waals surface area contributed by atoms with E-state index in [0.29, 0.717) is 16.5 Å². The lowest BCUT2D eigenvalue weighted by atomic mass is 10.1. The van der Waals surface area contributed by atoms with E-state index in [0.717, 1.165) is 5.56 Å². The van der Waals surface area contributed by atoms with E-state index in [4.69, 9.17) is 28.6 Å².